The fourth-order valence-corrected chi connectivity index (χ4v) is 2.05. The molecule has 3 heteroatoms. The highest BCUT2D eigenvalue weighted by Gasteiger charge is 2.10. The Morgan fingerprint density at radius 1 is 1.39 bits per heavy atom. The van der Waals surface area contributed by atoms with Gasteiger partial charge in [-0.3, -0.25) is 0 Å². The second-order valence-corrected chi connectivity index (χ2v) is 5.67. The molecule has 2 nitrogen and oxygen atoms in total. The molecule has 1 rings (SSSR count). The van der Waals surface area contributed by atoms with E-state index < -0.39 is 0 Å². The second kappa shape index (κ2) is 7.59. The Kier molecular flexibility index (Phi) is 6.44. The predicted molar refractivity (Wildman–Crippen MR) is 81.0 cm³/mol. The molecule has 100 valence electrons. The third-order valence-electron chi connectivity index (χ3n) is 2.55. The average Bonchev–Trinajstić information content (AvgIpc) is 2.32. The summed E-state index contributed by atoms with van der Waals surface area (Å²) >= 11 is 3.54. The summed E-state index contributed by atoms with van der Waals surface area (Å²) in [4.78, 5) is 0. The first-order valence-corrected chi connectivity index (χ1v) is 7.11. The molecule has 1 N–H and O–H groups in total. The average molecular weight is 312 g/mol. The van der Waals surface area contributed by atoms with Gasteiger partial charge in [0.2, 0.25) is 0 Å². The highest BCUT2D eigenvalue weighted by atomic mass is 79.9. The van der Waals surface area contributed by atoms with Crippen LogP contribution in [0.15, 0.2) is 35.3 Å². The number of benzene rings is 1. The third kappa shape index (κ3) is 4.83. The Morgan fingerprint density at radius 2 is 2.11 bits per heavy atom. The number of para-hydroxylation sites is 1. The van der Waals surface area contributed by atoms with Crippen LogP contribution in [0, 0.1) is 5.92 Å². The van der Waals surface area contributed by atoms with Crippen molar-refractivity contribution in [3.8, 4) is 5.75 Å². The van der Waals surface area contributed by atoms with Crippen molar-refractivity contribution >= 4 is 15.9 Å². The molecule has 0 aromatic heterocycles. The first kappa shape index (κ1) is 15.3. The summed E-state index contributed by atoms with van der Waals surface area (Å²) in [5.41, 5.74) is 1.17. The summed E-state index contributed by atoms with van der Waals surface area (Å²) in [7, 11) is 0. The lowest BCUT2D eigenvalue weighted by Crippen LogP contribution is -2.20. The third-order valence-corrected chi connectivity index (χ3v) is 3.18. The molecule has 0 bridgehead atoms. The van der Waals surface area contributed by atoms with Crippen LogP contribution in [-0.2, 0) is 6.54 Å². The van der Waals surface area contributed by atoms with Crippen LogP contribution in [0.1, 0.15) is 26.3 Å². The molecule has 0 aliphatic heterocycles. The van der Waals surface area contributed by atoms with Crippen LogP contribution in [0.3, 0.4) is 0 Å². The molecule has 0 saturated carbocycles. The van der Waals surface area contributed by atoms with E-state index in [1.807, 2.05) is 19.1 Å². The maximum atomic E-state index is 5.88. The van der Waals surface area contributed by atoms with Crippen molar-refractivity contribution in [2.75, 3.05) is 6.54 Å². The smallest absolute Gasteiger partial charge is 0.138 e. The maximum absolute atomic E-state index is 5.88. The fraction of sp³-hybridized carbons (Fsp3) is 0.467. The lowest BCUT2D eigenvalue weighted by Gasteiger charge is -2.17. The number of hydrogen-bond donors (Lipinski definition) is 1. The minimum absolute atomic E-state index is 0.00699. The van der Waals surface area contributed by atoms with Crippen LogP contribution in [0.5, 0.6) is 5.75 Å². The van der Waals surface area contributed by atoms with Crippen LogP contribution in [-0.4, -0.2) is 12.6 Å². The Morgan fingerprint density at radius 3 is 2.72 bits per heavy atom. The molecule has 0 aliphatic rings. The van der Waals surface area contributed by atoms with Crippen LogP contribution >= 0.6 is 15.9 Å². The van der Waals surface area contributed by atoms with Crippen LogP contribution < -0.4 is 10.1 Å². The van der Waals surface area contributed by atoms with Crippen LogP contribution in [0.2, 0.25) is 0 Å². The number of nitrogens with one attached hydrogen (secondary N) is 1. The van der Waals surface area contributed by atoms with Crippen molar-refractivity contribution in [3.05, 3.63) is 40.9 Å². The molecule has 0 aliphatic carbocycles. The number of hydrogen-bond acceptors (Lipinski definition) is 2. The van der Waals surface area contributed by atoms with Crippen molar-refractivity contribution in [1.82, 2.24) is 5.32 Å². The minimum atomic E-state index is 0.00699. The molecule has 1 aromatic rings. The van der Waals surface area contributed by atoms with Gasteiger partial charge in [0.25, 0.3) is 0 Å². The first-order valence-electron chi connectivity index (χ1n) is 6.32. The highest BCUT2D eigenvalue weighted by molar-refractivity contribution is 9.10. The molecule has 18 heavy (non-hydrogen) atoms. The quantitative estimate of drug-likeness (QED) is 0.764. The molecule has 1 atom stereocenters. The van der Waals surface area contributed by atoms with Crippen LogP contribution in [0.4, 0.5) is 0 Å². The molecule has 0 spiro atoms. The van der Waals surface area contributed by atoms with Crippen molar-refractivity contribution in [3.63, 3.8) is 0 Å². The van der Waals surface area contributed by atoms with Gasteiger partial charge in [0.05, 0.1) is 4.47 Å². The number of rotatable bonds is 7. The van der Waals surface area contributed by atoms with Gasteiger partial charge in [-0.05, 0) is 41.4 Å². The van der Waals surface area contributed by atoms with Gasteiger partial charge >= 0.3 is 0 Å². The maximum Gasteiger partial charge on any atom is 0.138 e. The zero-order chi connectivity index (χ0) is 13.5. The van der Waals surface area contributed by atoms with Crippen molar-refractivity contribution in [2.24, 2.45) is 5.92 Å². The molecule has 0 amide bonds. The normalized spacial score (nSPS) is 12.5. The van der Waals surface area contributed by atoms with E-state index in [1.54, 1.807) is 6.08 Å². The summed E-state index contributed by atoms with van der Waals surface area (Å²) in [6.45, 7) is 11.9. The van der Waals surface area contributed by atoms with Gasteiger partial charge in [-0.15, -0.1) is 0 Å². The number of halogens is 1. The zero-order valence-corrected chi connectivity index (χ0v) is 13.0. The van der Waals surface area contributed by atoms with Gasteiger partial charge in [0.15, 0.2) is 0 Å². The summed E-state index contributed by atoms with van der Waals surface area (Å²) < 4.78 is 6.86. The minimum Gasteiger partial charge on any atom is -0.485 e. The summed E-state index contributed by atoms with van der Waals surface area (Å²) in [6, 6.07) is 6.11. The molecule has 1 aromatic carbocycles. The van der Waals surface area contributed by atoms with Gasteiger partial charge in [0, 0.05) is 12.1 Å². The molecule has 1 unspecified atom stereocenters. The molecule has 0 saturated heterocycles. The Hall–Kier alpha value is -0.800. The zero-order valence-electron chi connectivity index (χ0n) is 11.4. The van der Waals surface area contributed by atoms with Gasteiger partial charge in [-0.25, -0.2) is 0 Å². The van der Waals surface area contributed by atoms with Crippen molar-refractivity contribution in [1.29, 1.82) is 0 Å². The van der Waals surface area contributed by atoms with E-state index >= 15 is 0 Å². The Bertz CT molecular complexity index is 390. The predicted octanol–water partition coefficient (Wildman–Crippen LogP) is 4.15. The highest BCUT2D eigenvalue weighted by Crippen LogP contribution is 2.30. The number of ether oxygens (including phenoxy) is 1. The largest absolute Gasteiger partial charge is 0.485 e. The molecule has 0 fully saturated rings. The second-order valence-electron chi connectivity index (χ2n) is 4.81. The van der Waals surface area contributed by atoms with E-state index in [0.717, 1.165) is 23.3 Å². The van der Waals surface area contributed by atoms with Crippen molar-refractivity contribution < 1.29 is 4.74 Å². The van der Waals surface area contributed by atoms with E-state index in [1.165, 1.54) is 5.56 Å². The van der Waals surface area contributed by atoms with E-state index in [-0.39, 0.29) is 6.10 Å². The van der Waals surface area contributed by atoms with Gasteiger partial charge in [-0.1, -0.05) is 38.6 Å². The van der Waals surface area contributed by atoms with Crippen LogP contribution in [0.25, 0.3) is 0 Å². The molecular weight excluding hydrogens is 290 g/mol. The van der Waals surface area contributed by atoms with E-state index in [2.05, 4.69) is 47.7 Å². The Balaban J connectivity index is 2.76. The lowest BCUT2D eigenvalue weighted by molar-refractivity contribution is 0.265. The summed E-state index contributed by atoms with van der Waals surface area (Å²) in [5, 5.41) is 3.43. The lowest BCUT2D eigenvalue weighted by atomic mass is 10.1. The summed E-state index contributed by atoms with van der Waals surface area (Å²) in [5.74, 6) is 1.55. The first-order chi connectivity index (χ1) is 8.54. The molecular formula is C15H22BrNO. The topological polar surface area (TPSA) is 21.3 Å². The Labute approximate surface area is 119 Å². The van der Waals surface area contributed by atoms with Gasteiger partial charge in [0.1, 0.15) is 11.9 Å². The van der Waals surface area contributed by atoms with Gasteiger partial charge < -0.3 is 10.1 Å². The van der Waals surface area contributed by atoms with Gasteiger partial charge in [-0.2, -0.15) is 0 Å². The standard InChI is InChI=1S/C15H22BrNO/c1-5-12(4)18-15-13(7-6-8-14(15)16)10-17-9-11(2)3/h5-8,11-12,17H,1,9-10H2,2-4H3. The molecule has 0 heterocycles. The van der Waals surface area contributed by atoms with Crippen molar-refractivity contribution in [2.45, 2.75) is 33.4 Å². The van der Waals surface area contributed by atoms with E-state index in [9.17, 15) is 0 Å². The SMILES string of the molecule is C=CC(C)Oc1c(Br)cccc1CNCC(C)C. The monoisotopic (exact) mass is 311 g/mol. The van der Waals surface area contributed by atoms with E-state index in [4.69, 9.17) is 4.74 Å². The summed E-state index contributed by atoms with van der Waals surface area (Å²) in [6.07, 6.45) is 1.80. The fourth-order valence-electron chi connectivity index (χ4n) is 1.55. The van der Waals surface area contributed by atoms with E-state index in [0.29, 0.717) is 5.92 Å². The molecule has 0 radical (unpaired) electrons.